The van der Waals surface area contributed by atoms with Gasteiger partial charge in [-0.15, -0.1) is 10.2 Å². The number of carboxylic acid groups (broad SMARTS) is 1. The second-order valence-electron chi connectivity index (χ2n) is 5.52. The summed E-state index contributed by atoms with van der Waals surface area (Å²) in [5.74, 6) is -0.0960. The monoisotopic (exact) mass is 355 g/mol. The number of rotatable bonds is 6. The third-order valence-electron chi connectivity index (χ3n) is 3.66. The summed E-state index contributed by atoms with van der Waals surface area (Å²) in [4.78, 5) is 11.2. The van der Waals surface area contributed by atoms with E-state index in [9.17, 15) is 15.0 Å². The first-order chi connectivity index (χ1) is 12.0. The molecule has 0 aliphatic rings. The minimum atomic E-state index is -0.898. The van der Waals surface area contributed by atoms with Crippen molar-refractivity contribution in [1.29, 1.82) is 0 Å². The van der Waals surface area contributed by atoms with E-state index in [4.69, 9.17) is 0 Å². The number of hydrogen-bond acceptors (Lipinski definition) is 5. The van der Waals surface area contributed by atoms with Gasteiger partial charge in [0.15, 0.2) is 11.0 Å². The van der Waals surface area contributed by atoms with Crippen LogP contribution in [-0.2, 0) is 11.3 Å². The lowest BCUT2D eigenvalue weighted by Gasteiger charge is -2.12. The van der Waals surface area contributed by atoms with E-state index in [2.05, 4.69) is 10.2 Å². The molecule has 0 saturated carbocycles. The molecule has 0 saturated heterocycles. The van der Waals surface area contributed by atoms with Crippen LogP contribution in [0.1, 0.15) is 12.5 Å². The molecule has 25 heavy (non-hydrogen) atoms. The Morgan fingerprint density at radius 2 is 1.80 bits per heavy atom. The molecule has 2 N–H and O–H groups in total. The van der Waals surface area contributed by atoms with Crippen LogP contribution in [0.3, 0.4) is 0 Å². The summed E-state index contributed by atoms with van der Waals surface area (Å²) in [5.41, 5.74) is 1.86. The van der Waals surface area contributed by atoms with E-state index in [1.807, 2.05) is 34.9 Å². The second-order valence-corrected chi connectivity index (χ2v) is 6.83. The van der Waals surface area contributed by atoms with Crippen LogP contribution >= 0.6 is 11.8 Å². The molecule has 6 nitrogen and oxygen atoms in total. The number of nitrogens with zero attached hydrogens (tertiary/aromatic N) is 3. The van der Waals surface area contributed by atoms with Gasteiger partial charge in [-0.05, 0) is 36.8 Å². The molecule has 7 heteroatoms. The Balaban J connectivity index is 2.01. The van der Waals surface area contributed by atoms with Gasteiger partial charge in [-0.1, -0.05) is 42.1 Å². The zero-order chi connectivity index (χ0) is 17.8. The molecule has 0 radical (unpaired) electrons. The van der Waals surface area contributed by atoms with Crippen LogP contribution in [0.15, 0.2) is 59.8 Å². The summed E-state index contributed by atoms with van der Waals surface area (Å²) in [5, 5.41) is 27.0. The van der Waals surface area contributed by atoms with Crippen molar-refractivity contribution >= 4 is 17.7 Å². The van der Waals surface area contributed by atoms with E-state index in [0.717, 1.165) is 22.9 Å². The summed E-state index contributed by atoms with van der Waals surface area (Å²) >= 11 is 1.16. The number of benzene rings is 2. The smallest absolute Gasteiger partial charge is 0.316 e. The van der Waals surface area contributed by atoms with Gasteiger partial charge >= 0.3 is 5.97 Å². The molecule has 0 bridgehead atoms. The maximum atomic E-state index is 11.2. The van der Waals surface area contributed by atoms with Gasteiger partial charge < -0.3 is 10.2 Å². The topological polar surface area (TPSA) is 88.2 Å². The minimum absolute atomic E-state index is 0.173. The van der Waals surface area contributed by atoms with Gasteiger partial charge in [-0.3, -0.25) is 9.36 Å². The fourth-order valence-corrected chi connectivity index (χ4v) is 3.10. The Kier molecular flexibility index (Phi) is 5.04. The number of aromatic nitrogens is 3. The van der Waals surface area contributed by atoms with E-state index in [1.54, 1.807) is 31.2 Å². The zero-order valence-corrected chi connectivity index (χ0v) is 14.3. The first kappa shape index (κ1) is 17.0. The van der Waals surface area contributed by atoms with Gasteiger partial charge in [0.05, 0.1) is 6.54 Å². The van der Waals surface area contributed by atoms with Crippen LogP contribution in [0.4, 0.5) is 0 Å². The van der Waals surface area contributed by atoms with Gasteiger partial charge in [0.1, 0.15) is 11.0 Å². The molecule has 3 rings (SSSR count). The van der Waals surface area contributed by atoms with Gasteiger partial charge in [-0.25, -0.2) is 0 Å². The first-order valence-electron chi connectivity index (χ1n) is 7.70. The molecule has 2 aromatic carbocycles. The van der Waals surface area contributed by atoms with E-state index in [-0.39, 0.29) is 5.75 Å². The standard InChI is InChI=1S/C18H17N3O3S/c1-12(17(23)24)25-18-20-19-16(14-7-9-15(22)10-8-14)21(18)11-13-5-3-2-4-6-13/h2-10,12,22H,11H2,1H3,(H,23,24). The number of phenolic OH excluding ortho intramolecular Hbond substituents is 1. The van der Waals surface area contributed by atoms with Crippen molar-refractivity contribution in [2.75, 3.05) is 0 Å². The van der Waals surface area contributed by atoms with Gasteiger partial charge in [0, 0.05) is 5.56 Å². The average molecular weight is 355 g/mol. The summed E-state index contributed by atoms with van der Waals surface area (Å²) < 4.78 is 1.89. The number of aromatic hydroxyl groups is 1. The van der Waals surface area contributed by atoms with Crippen molar-refractivity contribution in [3.05, 3.63) is 60.2 Å². The third kappa shape index (κ3) is 4.00. The molecule has 0 aliphatic heterocycles. The third-order valence-corrected chi connectivity index (χ3v) is 4.72. The van der Waals surface area contributed by atoms with Gasteiger partial charge in [0.2, 0.25) is 0 Å². The molecule has 1 atom stereocenters. The molecular formula is C18H17N3O3S. The van der Waals surface area contributed by atoms with E-state index >= 15 is 0 Å². The number of thioether (sulfide) groups is 1. The SMILES string of the molecule is CC(Sc1nnc(-c2ccc(O)cc2)n1Cc1ccccc1)C(=O)O. The number of carbonyl (C=O) groups is 1. The Hall–Kier alpha value is -2.80. The Morgan fingerprint density at radius 1 is 1.12 bits per heavy atom. The fraction of sp³-hybridized carbons (Fsp3) is 0.167. The molecule has 0 amide bonds. The van der Waals surface area contributed by atoms with Crippen molar-refractivity contribution in [1.82, 2.24) is 14.8 Å². The van der Waals surface area contributed by atoms with Crippen molar-refractivity contribution in [2.45, 2.75) is 23.9 Å². The predicted molar refractivity (Wildman–Crippen MR) is 95.6 cm³/mol. The molecular weight excluding hydrogens is 338 g/mol. The molecule has 0 fully saturated rings. The molecule has 3 aromatic rings. The Morgan fingerprint density at radius 3 is 2.44 bits per heavy atom. The molecule has 1 heterocycles. The molecule has 1 aromatic heterocycles. The normalized spacial score (nSPS) is 12.0. The van der Waals surface area contributed by atoms with Crippen LogP contribution in [0.5, 0.6) is 5.75 Å². The first-order valence-corrected chi connectivity index (χ1v) is 8.58. The lowest BCUT2D eigenvalue weighted by Crippen LogP contribution is -2.13. The molecule has 0 spiro atoms. The number of carboxylic acids is 1. The highest BCUT2D eigenvalue weighted by Crippen LogP contribution is 2.28. The van der Waals surface area contributed by atoms with Crippen LogP contribution in [0, 0.1) is 0 Å². The number of hydrogen-bond donors (Lipinski definition) is 2. The largest absolute Gasteiger partial charge is 0.508 e. The highest BCUT2D eigenvalue weighted by atomic mass is 32.2. The zero-order valence-electron chi connectivity index (χ0n) is 13.5. The Labute approximate surface area is 149 Å². The molecule has 128 valence electrons. The molecule has 1 unspecified atom stereocenters. The Bertz CT molecular complexity index is 863. The number of aliphatic carboxylic acids is 1. The average Bonchev–Trinajstić information content (AvgIpc) is 2.99. The van der Waals surface area contributed by atoms with Crippen LogP contribution < -0.4 is 0 Å². The van der Waals surface area contributed by atoms with Gasteiger partial charge in [0.25, 0.3) is 0 Å². The van der Waals surface area contributed by atoms with E-state index in [0.29, 0.717) is 17.5 Å². The van der Waals surface area contributed by atoms with E-state index < -0.39 is 11.2 Å². The maximum absolute atomic E-state index is 11.2. The van der Waals surface area contributed by atoms with Crippen LogP contribution in [0.25, 0.3) is 11.4 Å². The lowest BCUT2D eigenvalue weighted by molar-refractivity contribution is -0.136. The fourth-order valence-electron chi connectivity index (χ4n) is 2.32. The quantitative estimate of drug-likeness (QED) is 0.660. The summed E-state index contributed by atoms with van der Waals surface area (Å²) in [7, 11) is 0. The maximum Gasteiger partial charge on any atom is 0.316 e. The van der Waals surface area contributed by atoms with Crippen LogP contribution in [-0.4, -0.2) is 36.2 Å². The lowest BCUT2D eigenvalue weighted by atomic mass is 10.2. The predicted octanol–water partition coefficient (Wildman–Crippen LogP) is 3.26. The highest BCUT2D eigenvalue weighted by molar-refractivity contribution is 8.00. The molecule has 0 aliphatic carbocycles. The van der Waals surface area contributed by atoms with Crippen molar-refractivity contribution in [3.8, 4) is 17.1 Å². The summed E-state index contributed by atoms with van der Waals surface area (Å²) in [6.45, 7) is 2.15. The summed E-state index contributed by atoms with van der Waals surface area (Å²) in [6, 6.07) is 16.5. The van der Waals surface area contributed by atoms with Crippen molar-refractivity contribution in [2.24, 2.45) is 0 Å². The second kappa shape index (κ2) is 7.40. The summed E-state index contributed by atoms with van der Waals surface area (Å²) in [6.07, 6.45) is 0. The van der Waals surface area contributed by atoms with Crippen LogP contribution in [0.2, 0.25) is 0 Å². The van der Waals surface area contributed by atoms with Gasteiger partial charge in [-0.2, -0.15) is 0 Å². The minimum Gasteiger partial charge on any atom is -0.508 e. The number of phenols is 1. The van der Waals surface area contributed by atoms with Crippen molar-refractivity contribution < 1.29 is 15.0 Å². The van der Waals surface area contributed by atoms with Crippen molar-refractivity contribution in [3.63, 3.8) is 0 Å². The van der Waals surface area contributed by atoms with E-state index in [1.165, 1.54) is 0 Å². The highest BCUT2D eigenvalue weighted by Gasteiger charge is 2.20.